The van der Waals surface area contributed by atoms with Gasteiger partial charge in [0.15, 0.2) is 0 Å². The van der Waals surface area contributed by atoms with Gasteiger partial charge in [-0.1, -0.05) is 24.3 Å². The van der Waals surface area contributed by atoms with E-state index < -0.39 is 18.3 Å². The first-order valence-electron chi connectivity index (χ1n) is 9.07. The first-order chi connectivity index (χ1) is 13.6. The first-order valence-corrected chi connectivity index (χ1v) is 9.07. The number of ether oxygens (including phenoxy) is 2. The van der Waals surface area contributed by atoms with E-state index in [4.69, 9.17) is 14.7 Å². The molecule has 1 fully saturated rings. The summed E-state index contributed by atoms with van der Waals surface area (Å²) in [6, 6.07) is 16.5. The van der Waals surface area contributed by atoms with Gasteiger partial charge in [-0.05, 0) is 41.8 Å². The molecule has 1 saturated heterocycles. The minimum Gasteiger partial charge on any atom is -0.497 e. The van der Waals surface area contributed by atoms with Crippen LogP contribution in [-0.4, -0.2) is 43.1 Å². The molecule has 1 heterocycles. The lowest BCUT2D eigenvalue weighted by Gasteiger charge is -2.22. The second-order valence-corrected chi connectivity index (χ2v) is 6.67. The summed E-state index contributed by atoms with van der Waals surface area (Å²) in [6.45, 7) is 0.651. The number of nitriles is 1. The van der Waals surface area contributed by atoms with E-state index in [2.05, 4.69) is 10.6 Å². The zero-order valence-electron chi connectivity index (χ0n) is 15.6. The van der Waals surface area contributed by atoms with E-state index in [0.29, 0.717) is 18.5 Å². The lowest BCUT2D eigenvalue weighted by Crippen LogP contribution is -2.41. The number of hydrogen-bond acceptors (Lipinski definition) is 6. The lowest BCUT2D eigenvalue weighted by atomic mass is 10.0. The van der Waals surface area contributed by atoms with E-state index in [9.17, 15) is 9.90 Å². The van der Waals surface area contributed by atoms with Crippen LogP contribution in [0.15, 0.2) is 48.5 Å². The summed E-state index contributed by atoms with van der Waals surface area (Å²) >= 11 is 0. The van der Waals surface area contributed by atoms with Crippen molar-refractivity contribution in [2.24, 2.45) is 0 Å². The molecule has 0 unspecified atom stereocenters. The summed E-state index contributed by atoms with van der Waals surface area (Å²) in [4.78, 5) is 12.2. The van der Waals surface area contributed by atoms with Crippen molar-refractivity contribution in [3.05, 3.63) is 65.2 Å². The Morgan fingerprint density at radius 3 is 2.54 bits per heavy atom. The number of benzene rings is 2. The number of β-amino-alcohol motifs (C(OH)–C–C–N with tert-alkyl or cyclic N) is 1. The minimum absolute atomic E-state index is 0.177. The largest absolute Gasteiger partial charge is 0.497 e. The number of methoxy groups -OCH3 is 1. The SMILES string of the molecule is COc1ccc(C[C@H]2NC[C@H](O)[C@H]2OC(=O)NCc2ccc(C#N)cc2)cc1. The molecule has 0 aromatic heterocycles. The zero-order valence-corrected chi connectivity index (χ0v) is 15.6. The maximum absolute atomic E-state index is 12.2. The van der Waals surface area contributed by atoms with Gasteiger partial charge in [0.1, 0.15) is 18.0 Å². The van der Waals surface area contributed by atoms with Crippen LogP contribution in [0.4, 0.5) is 4.79 Å². The summed E-state index contributed by atoms with van der Waals surface area (Å²) < 4.78 is 10.6. The van der Waals surface area contributed by atoms with Crippen LogP contribution < -0.4 is 15.4 Å². The van der Waals surface area contributed by atoms with E-state index in [1.807, 2.05) is 30.3 Å². The van der Waals surface area contributed by atoms with Gasteiger partial charge in [0.05, 0.1) is 24.8 Å². The number of amides is 1. The smallest absolute Gasteiger partial charge is 0.407 e. The van der Waals surface area contributed by atoms with Gasteiger partial charge in [0.2, 0.25) is 0 Å². The Labute approximate surface area is 163 Å². The Morgan fingerprint density at radius 1 is 1.21 bits per heavy atom. The maximum atomic E-state index is 12.2. The van der Waals surface area contributed by atoms with Crippen LogP contribution in [0.1, 0.15) is 16.7 Å². The Kier molecular flexibility index (Phi) is 6.48. The summed E-state index contributed by atoms with van der Waals surface area (Å²) in [5.74, 6) is 0.776. The van der Waals surface area contributed by atoms with Gasteiger partial charge >= 0.3 is 6.09 Å². The maximum Gasteiger partial charge on any atom is 0.407 e. The monoisotopic (exact) mass is 381 g/mol. The predicted octanol–water partition coefficient (Wildman–Crippen LogP) is 1.74. The van der Waals surface area contributed by atoms with Crippen molar-refractivity contribution < 1.29 is 19.4 Å². The molecule has 1 amide bonds. The van der Waals surface area contributed by atoms with E-state index in [1.165, 1.54) is 0 Å². The molecule has 3 atom stereocenters. The fraction of sp³-hybridized carbons (Fsp3) is 0.333. The van der Waals surface area contributed by atoms with Crippen molar-refractivity contribution in [3.8, 4) is 11.8 Å². The molecular formula is C21H23N3O4. The highest BCUT2D eigenvalue weighted by atomic mass is 16.6. The molecule has 2 aromatic carbocycles. The Balaban J connectivity index is 1.54. The summed E-state index contributed by atoms with van der Waals surface area (Å²) in [7, 11) is 1.62. The highest BCUT2D eigenvalue weighted by Crippen LogP contribution is 2.19. The van der Waals surface area contributed by atoms with Gasteiger partial charge < -0.3 is 25.2 Å². The number of hydrogen-bond donors (Lipinski definition) is 3. The molecular weight excluding hydrogens is 358 g/mol. The van der Waals surface area contributed by atoms with E-state index in [-0.39, 0.29) is 12.6 Å². The minimum atomic E-state index is -0.760. The summed E-state index contributed by atoms with van der Waals surface area (Å²) in [5, 5.41) is 24.9. The number of rotatable bonds is 6. The molecule has 0 bridgehead atoms. The van der Waals surface area contributed by atoms with Crippen molar-refractivity contribution in [1.82, 2.24) is 10.6 Å². The Hall–Kier alpha value is -3.08. The van der Waals surface area contributed by atoms with Crippen molar-refractivity contribution in [1.29, 1.82) is 5.26 Å². The number of carbonyl (C=O) groups excluding carboxylic acids is 1. The highest BCUT2D eigenvalue weighted by Gasteiger charge is 2.37. The number of nitrogens with zero attached hydrogens (tertiary/aromatic N) is 1. The molecule has 28 heavy (non-hydrogen) atoms. The van der Waals surface area contributed by atoms with E-state index in [1.54, 1.807) is 31.4 Å². The molecule has 0 spiro atoms. The number of aliphatic hydroxyl groups excluding tert-OH is 1. The fourth-order valence-electron chi connectivity index (χ4n) is 3.17. The van der Waals surface area contributed by atoms with Crippen LogP contribution in [-0.2, 0) is 17.7 Å². The van der Waals surface area contributed by atoms with Gasteiger partial charge in [-0.25, -0.2) is 4.79 Å². The standard InChI is InChI=1S/C21H23N3O4/c1-27-17-8-6-14(7-9-17)10-18-20(19(25)13-23-18)28-21(26)24-12-16-4-2-15(11-22)3-5-16/h2-9,18-20,23,25H,10,12-13H2,1H3,(H,24,26)/t18-,19+,20+/m1/s1. The van der Waals surface area contributed by atoms with Crippen molar-refractivity contribution in [2.75, 3.05) is 13.7 Å². The van der Waals surface area contributed by atoms with Crippen LogP contribution in [0.25, 0.3) is 0 Å². The zero-order chi connectivity index (χ0) is 19.9. The molecule has 2 aromatic rings. The summed E-state index contributed by atoms with van der Waals surface area (Å²) in [6.07, 6.45) is -1.36. The summed E-state index contributed by atoms with van der Waals surface area (Å²) in [5.41, 5.74) is 2.47. The third kappa shape index (κ3) is 5.00. The van der Waals surface area contributed by atoms with Crippen LogP contribution in [0.5, 0.6) is 5.75 Å². The van der Waals surface area contributed by atoms with Crippen molar-refractivity contribution in [2.45, 2.75) is 31.2 Å². The number of alkyl carbamates (subject to hydrolysis) is 1. The van der Waals surface area contributed by atoms with Gasteiger partial charge in [-0.2, -0.15) is 5.26 Å². The van der Waals surface area contributed by atoms with Crippen LogP contribution in [0.3, 0.4) is 0 Å². The normalized spacial score (nSPS) is 21.0. The number of nitrogens with one attached hydrogen (secondary N) is 2. The first kappa shape index (κ1) is 19.7. The molecule has 1 aliphatic rings. The van der Waals surface area contributed by atoms with Crippen molar-refractivity contribution in [3.63, 3.8) is 0 Å². The van der Waals surface area contributed by atoms with Gasteiger partial charge in [-0.15, -0.1) is 0 Å². The topological polar surface area (TPSA) is 104 Å². The average Bonchev–Trinajstić information content (AvgIpc) is 3.06. The molecule has 0 aliphatic carbocycles. The second kappa shape index (κ2) is 9.22. The van der Waals surface area contributed by atoms with Crippen LogP contribution in [0.2, 0.25) is 0 Å². The van der Waals surface area contributed by atoms with Crippen molar-refractivity contribution >= 4 is 6.09 Å². The second-order valence-electron chi connectivity index (χ2n) is 6.67. The molecule has 7 nitrogen and oxygen atoms in total. The third-order valence-electron chi connectivity index (χ3n) is 4.74. The van der Waals surface area contributed by atoms with E-state index >= 15 is 0 Å². The predicted molar refractivity (Wildman–Crippen MR) is 103 cm³/mol. The third-order valence-corrected chi connectivity index (χ3v) is 4.74. The average molecular weight is 381 g/mol. The molecule has 146 valence electrons. The fourth-order valence-corrected chi connectivity index (χ4v) is 3.17. The molecule has 0 radical (unpaired) electrons. The van der Waals surface area contributed by atoms with Crippen LogP contribution in [0, 0.1) is 11.3 Å². The quantitative estimate of drug-likeness (QED) is 0.704. The van der Waals surface area contributed by atoms with Gasteiger partial charge in [-0.3, -0.25) is 0 Å². The molecule has 3 rings (SSSR count). The molecule has 0 saturated carbocycles. The highest BCUT2D eigenvalue weighted by molar-refractivity contribution is 5.67. The molecule has 7 heteroatoms. The molecule has 1 aliphatic heterocycles. The Bertz CT molecular complexity index is 830. The van der Waals surface area contributed by atoms with Gasteiger partial charge in [0.25, 0.3) is 0 Å². The molecule has 3 N–H and O–H groups in total. The lowest BCUT2D eigenvalue weighted by molar-refractivity contribution is 0.0188. The van der Waals surface area contributed by atoms with Gasteiger partial charge in [0, 0.05) is 13.1 Å². The number of aliphatic hydroxyl groups is 1. The number of carbonyl (C=O) groups is 1. The van der Waals surface area contributed by atoms with E-state index in [0.717, 1.165) is 16.9 Å². The Morgan fingerprint density at radius 2 is 1.89 bits per heavy atom. The van der Waals surface area contributed by atoms with Crippen LogP contribution >= 0.6 is 0 Å².